The first-order chi connectivity index (χ1) is 14.4. The molecule has 0 atom stereocenters. The fourth-order valence-electron chi connectivity index (χ4n) is 3.04. The van der Waals surface area contributed by atoms with Gasteiger partial charge in [-0.15, -0.1) is 0 Å². The number of fused-ring (bicyclic) bond motifs is 2. The maximum absolute atomic E-state index is 13.1. The van der Waals surface area contributed by atoms with Crippen LogP contribution in [0.1, 0.15) is 21.6 Å². The average Bonchev–Trinajstić information content (AvgIpc) is 3.22. The van der Waals surface area contributed by atoms with E-state index in [4.69, 9.17) is 5.73 Å². The van der Waals surface area contributed by atoms with Crippen LogP contribution in [0, 0.1) is 0 Å². The van der Waals surface area contributed by atoms with Crippen molar-refractivity contribution < 1.29 is 40.8 Å². The van der Waals surface area contributed by atoms with Crippen LogP contribution in [0.2, 0.25) is 0 Å². The molecule has 8 nitrogen and oxygen atoms in total. The first-order valence-electron chi connectivity index (χ1n) is 8.31. The Morgan fingerprint density at radius 2 is 1.87 bits per heavy atom. The van der Waals surface area contributed by atoms with Crippen LogP contribution in [0.5, 0.6) is 0 Å². The van der Waals surface area contributed by atoms with Crippen molar-refractivity contribution in [3.63, 3.8) is 0 Å². The molecule has 162 valence electrons. The molecule has 3 aromatic rings. The number of aromatic nitrogens is 3. The number of benzene rings is 1. The van der Waals surface area contributed by atoms with Crippen LogP contribution < -0.4 is 5.73 Å². The highest BCUT2D eigenvalue weighted by Gasteiger charge is 2.44. The number of amides is 1. The largest absolute Gasteiger partial charge is 0.493 e. The lowest BCUT2D eigenvalue weighted by Crippen LogP contribution is -2.35. The van der Waals surface area contributed by atoms with Crippen LogP contribution in [0.15, 0.2) is 30.6 Å². The molecule has 1 aliphatic heterocycles. The Morgan fingerprint density at radius 1 is 1.16 bits per heavy atom. The van der Waals surface area contributed by atoms with Crippen LogP contribution in [0.3, 0.4) is 0 Å². The fraction of sp³-hybridized carbons (Fsp3) is 0.176. The van der Waals surface area contributed by atoms with Gasteiger partial charge in [0.25, 0.3) is 5.91 Å². The van der Waals surface area contributed by atoms with Crippen LogP contribution in [0.25, 0.3) is 16.9 Å². The standard InChI is InChI=1S/C17H9F6N5O3/c18-16(19,20)11-6-27-10(4-25-13(27)12(24)26-11)7-1-2-9-8(3-7)5-28(14(9)29)31-15(30)17(21,22)23/h1-4,6H,5H2,(H2,24,26). The number of hydroxylamine groups is 2. The quantitative estimate of drug-likeness (QED) is 0.609. The summed E-state index contributed by atoms with van der Waals surface area (Å²) >= 11 is 0. The molecule has 1 aliphatic rings. The molecule has 0 radical (unpaired) electrons. The minimum atomic E-state index is -5.29. The number of halogens is 6. The van der Waals surface area contributed by atoms with Crippen molar-refractivity contribution in [2.75, 3.05) is 5.73 Å². The number of nitrogens with zero attached hydrogens (tertiary/aromatic N) is 4. The highest BCUT2D eigenvalue weighted by atomic mass is 19.4. The molecule has 0 spiro atoms. The number of hydrogen-bond donors (Lipinski definition) is 1. The molecule has 3 heterocycles. The minimum Gasteiger partial charge on any atom is -0.381 e. The molecule has 0 fully saturated rings. The second kappa shape index (κ2) is 6.58. The number of hydrogen-bond acceptors (Lipinski definition) is 6. The summed E-state index contributed by atoms with van der Waals surface area (Å²) in [5.41, 5.74) is 4.91. The minimum absolute atomic E-state index is 0.0234. The van der Waals surface area contributed by atoms with Crippen molar-refractivity contribution in [2.24, 2.45) is 0 Å². The molecule has 2 aromatic heterocycles. The average molecular weight is 445 g/mol. The lowest BCUT2D eigenvalue weighted by Gasteiger charge is -2.15. The van der Waals surface area contributed by atoms with Gasteiger partial charge in [0.05, 0.1) is 18.4 Å². The van der Waals surface area contributed by atoms with E-state index in [1.807, 2.05) is 0 Å². The zero-order valence-electron chi connectivity index (χ0n) is 15.0. The molecular formula is C17H9F6N5O3. The van der Waals surface area contributed by atoms with Crippen LogP contribution >= 0.6 is 0 Å². The number of alkyl halides is 6. The van der Waals surface area contributed by atoms with Crippen molar-refractivity contribution in [3.8, 4) is 11.3 Å². The van der Waals surface area contributed by atoms with Crippen LogP contribution in [-0.2, 0) is 22.4 Å². The molecule has 14 heteroatoms. The van der Waals surface area contributed by atoms with Gasteiger partial charge in [-0.05, 0) is 17.7 Å². The first-order valence-corrected chi connectivity index (χ1v) is 8.31. The van der Waals surface area contributed by atoms with Gasteiger partial charge in [-0.3, -0.25) is 9.20 Å². The van der Waals surface area contributed by atoms with E-state index in [9.17, 15) is 35.9 Å². The molecule has 0 saturated heterocycles. The number of carbonyl (C=O) groups excluding carboxylic acids is 2. The Labute approximate surface area is 167 Å². The molecule has 4 rings (SSSR count). The Morgan fingerprint density at radius 3 is 2.52 bits per heavy atom. The number of nitrogens with two attached hydrogens (primary N) is 1. The summed E-state index contributed by atoms with van der Waals surface area (Å²) in [7, 11) is 0. The molecule has 0 unspecified atom stereocenters. The van der Waals surface area contributed by atoms with Gasteiger partial charge in [-0.2, -0.15) is 31.4 Å². The van der Waals surface area contributed by atoms with E-state index in [-0.39, 0.29) is 27.5 Å². The van der Waals surface area contributed by atoms with Gasteiger partial charge in [0.2, 0.25) is 0 Å². The number of imidazole rings is 1. The summed E-state index contributed by atoms with van der Waals surface area (Å²) in [5.74, 6) is -3.98. The van der Waals surface area contributed by atoms with Gasteiger partial charge in [-0.25, -0.2) is 14.8 Å². The normalized spacial score (nSPS) is 14.3. The zero-order valence-corrected chi connectivity index (χ0v) is 15.0. The van der Waals surface area contributed by atoms with Gasteiger partial charge in [0.1, 0.15) is 0 Å². The monoisotopic (exact) mass is 445 g/mol. The van der Waals surface area contributed by atoms with E-state index in [1.54, 1.807) is 0 Å². The van der Waals surface area contributed by atoms with Gasteiger partial charge in [0, 0.05) is 17.3 Å². The Hall–Kier alpha value is -3.84. The van der Waals surface area contributed by atoms with Crippen molar-refractivity contribution in [2.45, 2.75) is 18.9 Å². The Kier molecular flexibility index (Phi) is 4.34. The van der Waals surface area contributed by atoms with Crippen molar-refractivity contribution in [3.05, 3.63) is 47.4 Å². The van der Waals surface area contributed by atoms with E-state index >= 15 is 0 Å². The highest BCUT2D eigenvalue weighted by molar-refractivity contribution is 5.99. The van der Waals surface area contributed by atoms with Gasteiger partial charge in [0.15, 0.2) is 17.2 Å². The van der Waals surface area contributed by atoms with Crippen molar-refractivity contribution in [1.29, 1.82) is 0 Å². The van der Waals surface area contributed by atoms with E-state index < -0.39 is 42.3 Å². The SMILES string of the molecule is Nc1nc(C(F)(F)F)cn2c(-c3ccc4c(c3)CN(OC(=O)C(F)(F)F)C4=O)cnc12. The van der Waals surface area contributed by atoms with E-state index in [2.05, 4.69) is 14.8 Å². The maximum Gasteiger partial charge on any atom is 0.493 e. The number of nitrogen functional groups attached to an aromatic ring is 1. The third-order valence-electron chi connectivity index (χ3n) is 4.41. The molecular weight excluding hydrogens is 436 g/mol. The second-order valence-corrected chi connectivity index (χ2v) is 6.44. The van der Waals surface area contributed by atoms with Crippen molar-refractivity contribution in [1.82, 2.24) is 19.4 Å². The first kappa shape index (κ1) is 20.4. The maximum atomic E-state index is 13.1. The second-order valence-electron chi connectivity index (χ2n) is 6.44. The molecule has 31 heavy (non-hydrogen) atoms. The smallest absolute Gasteiger partial charge is 0.381 e. The fourth-order valence-corrected chi connectivity index (χ4v) is 3.04. The van der Waals surface area contributed by atoms with Gasteiger partial charge >= 0.3 is 18.3 Å². The number of anilines is 1. The zero-order chi connectivity index (χ0) is 22.7. The van der Waals surface area contributed by atoms with E-state index in [0.717, 1.165) is 4.40 Å². The summed E-state index contributed by atoms with van der Waals surface area (Å²) in [6.45, 7) is -0.474. The molecule has 0 aliphatic carbocycles. The topological polar surface area (TPSA) is 103 Å². The predicted octanol–water partition coefficient (Wildman–Crippen LogP) is 2.97. The molecule has 0 saturated carbocycles. The third-order valence-corrected chi connectivity index (χ3v) is 4.41. The lowest BCUT2D eigenvalue weighted by molar-refractivity contribution is -0.229. The molecule has 1 aromatic carbocycles. The van der Waals surface area contributed by atoms with Gasteiger partial charge < -0.3 is 10.6 Å². The predicted molar refractivity (Wildman–Crippen MR) is 89.9 cm³/mol. The summed E-state index contributed by atoms with van der Waals surface area (Å²) < 4.78 is 77.4. The molecule has 0 bridgehead atoms. The van der Waals surface area contributed by atoms with Crippen molar-refractivity contribution >= 4 is 23.3 Å². The van der Waals surface area contributed by atoms with Gasteiger partial charge in [-0.1, -0.05) is 6.07 Å². The Balaban J connectivity index is 1.71. The van der Waals surface area contributed by atoms with E-state index in [0.29, 0.717) is 11.8 Å². The third kappa shape index (κ3) is 3.49. The summed E-state index contributed by atoms with van der Waals surface area (Å²) in [6, 6.07) is 3.98. The number of rotatable bonds is 2. The Bertz CT molecular complexity index is 1230. The number of carbonyl (C=O) groups is 2. The molecule has 2 N–H and O–H groups in total. The molecule has 1 amide bonds. The summed E-state index contributed by atoms with van der Waals surface area (Å²) in [6.07, 6.45) is -8.13. The lowest BCUT2D eigenvalue weighted by atomic mass is 10.0. The summed E-state index contributed by atoms with van der Waals surface area (Å²) in [5, 5.41) is 0.252. The van der Waals surface area contributed by atoms with Crippen LogP contribution in [0.4, 0.5) is 32.2 Å². The highest BCUT2D eigenvalue weighted by Crippen LogP contribution is 2.33. The van der Waals surface area contributed by atoms with Crippen LogP contribution in [-0.4, -0.2) is 37.5 Å². The van der Waals surface area contributed by atoms with E-state index in [1.165, 1.54) is 24.4 Å². The summed E-state index contributed by atoms with van der Waals surface area (Å²) in [4.78, 5) is 34.5.